The van der Waals surface area contributed by atoms with Crippen LogP contribution >= 0.6 is 12.4 Å². The van der Waals surface area contributed by atoms with Crippen LogP contribution in [0.15, 0.2) is 12.1 Å². The lowest BCUT2D eigenvalue weighted by atomic mass is 10.0. The van der Waals surface area contributed by atoms with Gasteiger partial charge in [-0.3, -0.25) is 4.79 Å². The Kier molecular flexibility index (Phi) is 5.35. The van der Waals surface area contributed by atoms with Crippen molar-refractivity contribution in [2.45, 2.75) is 51.7 Å². The molecule has 22 heavy (non-hydrogen) atoms. The molecule has 1 saturated carbocycles. The highest BCUT2D eigenvalue weighted by Gasteiger charge is 2.33. The Morgan fingerprint density at radius 3 is 2.77 bits per heavy atom. The molecule has 1 aromatic rings. The average molecular weight is 325 g/mol. The zero-order valence-electron chi connectivity index (χ0n) is 13.2. The van der Waals surface area contributed by atoms with Gasteiger partial charge in [0.15, 0.2) is 6.10 Å². The van der Waals surface area contributed by atoms with Gasteiger partial charge in [-0.2, -0.15) is 0 Å². The molecule has 122 valence electrons. The molecule has 5 heteroatoms. The number of nitrogens with two attached hydrogens (primary N) is 1. The van der Waals surface area contributed by atoms with Crippen molar-refractivity contribution in [1.29, 1.82) is 0 Å². The van der Waals surface area contributed by atoms with Crippen LogP contribution in [-0.4, -0.2) is 24.6 Å². The molecular weight excluding hydrogens is 300 g/mol. The van der Waals surface area contributed by atoms with Gasteiger partial charge in [0.05, 0.1) is 0 Å². The normalized spacial score (nSPS) is 26.0. The van der Waals surface area contributed by atoms with Crippen molar-refractivity contribution in [1.82, 2.24) is 5.32 Å². The summed E-state index contributed by atoms with van der Waals surface area (Å²) >= 11 is 0. The number of nitrogens with one attached hydrogen (secondary N) is 1. The van der Waals surface area contributed by atoms with Crippen LogP contribution < -0.4 is 15.8 Å². The van der Waals surface area contributed by atoms with E-state index < -0.39 is 0 Å². The number of carbonyl (C=O) groups excluding carboxylic acids is 1. The molecule has 1 aliphatic carbocycles. The average Bonchev–Trinajstić information content (AvgIpc) is 3.05. The van der Waals surface area contributed by atoms with Crippen LogP contribution in [0.4, 0.5) is 0 Å². The van der Waals surface area contributed by atoms with Crippen LogP contribution in [0.25, 0.3) is 0 Å². The molecule has 4 nitrogen and oxygen atoms in total. The highest BCUT2D eigenvalue weighted by atomic mass is 35.5. The molecule has 1 heterocycles. The molecule has 0 aromatic heterocycles. The fraction of sp³-hybridized carbons (Fsp3) is 0.588. The van der Waals surface area contributed by atoms with E-state index >= 15 is 0 Å². The van der Waals surface area contributed by atoms with Gasteiger partial charge in [0.25, 0.3) is 5.91 Å². The van der Waals surface area contributed by atoms with Crippen molar-refractivity contribution in [3.05, 3.63) is 28.8 Å². The van der Waals surface area contributed by atoms with Crippen molar-refractivity contribution in [3.63, 3.8) is 0 Å². The number of hydrogen-bond acceptors (Lipinski definition) is 3. The summed E-state index contributed by atoms with van der Waals surface area (Å²) in [6.07, 6.45) is 3.58. The fourth-order valence-corrected chi connectivity index (χ4v) is 3.44. The van der Waals surface area contributed by atoms with Gasteiger partial charge in [-0.25, -0.2) is 0 Å². The van der Waals surface area contributed by atoms with Crippen molar-refractivity contribution in [3.8, 4) is 5.75 Å². The number of aryl methyl sites for hydroxylation is 2. The van der Waals surface area contributed by atoms with Gasteiger partial charge in [-0.1, -0.05) is 12.5 Å². The van der Waals surface area contributed by atoms with E-state index in [-0.39, 0.29) is 30.5 Å². The first kappa shape index (κ1) is 17.1. The van der Waals surface area contributed by atoms with E-state index in [1.54, 1.807) is 0 Å². The molecule has 0 radical (unpaired) electrons. The first-order chi connectivity index (χ1) is 10.1. The van der Waals surface area contributed by atoms with Crippen LogP contribution in [-0.2, 0) is 11.2 Å². The van der Waals surface area contributed by atoms with Crippen molar-refractivity contribution in [2.75, 3.05) is 6.54 Å². The summed E-state index contributed by atoms with van der Waals surface area (Å²) in [6, 6.07) is 4.39. The lowest BCUT2D eigenvalue weighted by molar-refractivity contribution is -0.128. The number of halogens is 1. The molecule has 0 spiro atoms. The minimum atomic E-state index is -0.389. The number of hydrogen-bond donors (Lipinski definition) is 2. The second kappa shape index (κ2) is 6.88. The molecule has 1 fully saturated rings. The van der Waals surface area contributed by atoms with Crippen molar-refractivity contribution < 1.29 is 9.53 Å². The van der Waals surface area contributed by atoms with Crippen molar-refractivity contribution >= 4 is 18.3 Å². The lowest BCUT2D eigenvalue weighted by Crippen LogP contribution is -2.46. The van der Waals surface area contributed by atoms with E-state index in [9.17, 15) is 4.79 Å². The van der Waals surface area contributed by atoms with E-state index in [1.807, 2.05) is 6.07 Å². The maximum atomic E-state index is 12.4. The Morgan fingerprint density at radius 2 is 2.05 bits per heavy atom. The SMILES string of the molecule is Cc1cc2c(cc1C)OC(C(=O)NC1CCCC1CN)C2.Cl. The van der Waals surface area contributed by atoms with E-state index in [1.165, 1.54) is 11.1 Å². The third kappa shape index (κ3) is 3.23. The summed E-state index contributed by atoms with van der Waals surface area (Å²) in [6.45, 7) is 4.80. The number of ether oxygens (including phenoxy) is 1. The first-order valence-corrected chi connectivity index (χ1v) is 7.85. The summed E-state index contributed by atoms with van der Waals surface area (Å²) in [5, 5.41) is 3.14. The number of carbonyl (C=O) groups is 1. The van der Waals surface area contributed by atoms with Crippen LogP contribution in [0, 0.1) is 19.8 Å². The van der Waals surface area contributed by atoms with Gasteiger partial charge in [0.1, 0.15) is 5.75 Å². The Morgan fingerprint density at radius 1 is 1.32 bits per heavy atom. The summed E-state index contributed by atoms with van der Waals surface area (Å²) in [4.78, 5) is 12.4. The third-order valence-corrected chi connectivity index (χ3v) is 4.93. The van der Waals surface area contributed by atoms with E-state index in [4.69, 9.17) is 10.5 Å². The molecule has 0 bridgehead atoms. The Bertz CT molecular complexity index is 531. The highest BCUT2D eigenvalue weighted by molar-refractivity contribution is 5.85. The standard InChI is InChI=1S/C17H24N2O2.ClH/c1-10-6-13-8-16(21-15(13)7-11(10)2)17(20)19-14-5-3-4-12(14)9-18;/h6-7,12,14,16H,3-5,8-9,18H2,1-2H3,(H,19,20);1H. The first-order valence-electron chi connectivity index (χ1n) is 7.85. The van der Waals surface area contributed by atoms with Gasteiger partial charge in [-0.15, -0.1) is 12.4 Å². The molecule has 2 aliphatic rings. The topological polar surface area (TPSA) is 64.3 Å². The molecule has 1 amide bonds. The monoisotopic (exact) mass is 324 g/mol. The van der Waals surface area contributed by atoms with Crippen LogP contribution in [0.2, 0.25) is 0 Å². The Labute approximate surface area is 138 Å². The third-order valence-electron chi connectivity index (χ3n) is 4.93. The molecule has 3 unspecified atom stereocenters. The molecule has 3 N–H and O–H groups in total. The van der Waals surface area contributed by atoms with Crippen LogP contribution in [0.5, 0.6) is 5.75 Å². The molecule has 1 aliphatic heterocycles. The fourth-order valence-electron chi connectivity index (χ4n) is 3.44. The Balaban J connectivity index is 0.00000176. The molecule has 3 atom stereocenters. The number of amides is 1. The van der Waals surface area contributed by atoms with Gasteiger partial charge < -0.3 is 15.8 Å². The Hall–Kier alpha value is -1.26. The maximum absolute atomic E-state index is 12.4. The van der Waals surface area contributed by atoms with Crippen LogP contribution in [0.3, 0.4) is 0 Å². The predicted octanol–water partition coefficient (Wildman–Crippen LogP) is 2.27. The summed E-state index contributed by atoms with van der Waals surface area (Å²) in [7, 11) is 0. The largest absolute Gasteiger partial charge is 0.480 e. The zero-order valence-corrected chi connectivity index (χ0v) is 14.0. The van der Waals surface area contributed by atoms with Gasteiger partial charge in [0.2, 0.25) is 0 Å². The van der Waals surface area contributed by atoms with Crippen molar-refractivity contribution in [2.24, 2.45) is 11.7 Å². The number of fused-ring (bicyclic) bond motifs is 1. The molecule has 0 saturated heterocycles. The predicted molar refractivity (Wildman–Crippen MR) is 89.6 cm³/mol. The summed E-state index contributed by atoms with van der Waals surface area (Å²) in [5.74, 6) is 1.29. The van der Waals surface area contributed by atoms with E-state index in [2.05, 4.69) is 25.2 Å². The molecule has 3 rings (SSSR count). The zero-order chi connectivity index (χ0) is 15.0. The molecular formula is C17H25ClN2O2. The van der Waals surface area contributed by atoms with Crippen LogP contribution in [0.1, 0.15) is 36.0 Å². The lowest BCUT2D eigenvalue weighted by Gasteiger charge is -2.21. The number of rotatable bonds is 3. The minimum absolute atomic E-state index is 0. The quantitative estimate of drug-likeness (QED) is 0.896. The maximum Gasteiger partial charge on any atom is 0.261 e. The van der Waals surface area contributed by atoms with Gasteiger partial charge >= 0.3 is 0 Å². The smallest absolute Gasteiger partial charge is 0.261 e. The summed E-state index contributed by atoms with van der Waals surface area (Å²) in [5.41, 5.74) is 9.36. The number of benzene rings is 1. The van der Waals surface area contributed by atoms with E-state index in [0.717, 1.165) is 30.6 Å². The van der Waals surface area contributed by atoms with Gasteiger partial charge in [-0.05, 0) is 61.9 Å². The highest BCUT2D eigenvalue weighted by Crippen LogP contribution is 2.32. The second-order valence-electron chi connectivity index (χ2n) is 6.40. The second-order valence-corrected chi connectivity index (χ2v) is 6.40. The molecule has 1 aromatic carbocycles. The summed E-state index contributed by atoms with van der Waals surface area (Å²) < 4.78 is 5.84. The minimum Gasteiger partial charge on any atom is -0.480 e. The van der Waals surface area contributed by atoms with E-state index in [0.29, 0.717) is 18.9 Å². The van der Waals surface area contributed by atoms with Gasteiger partial charge in [0, 0.05) is 12.5 Å².